The highest BCUT2D eigenvalue weighted by Gasteiger charge is 2.08. The van der Waals surface area contributed by atoms with Gasteiger partial charge in [0.2, 0.25) is 0 Å². The summed E-state index contributed by atoms with van der Waals surface area (Å²) in [6.07, 6.45) is 3.53. The molecular formula is C10H14N2O. The van der Waals surface area contributed by atoms with Crippen LogP contribution in [0.2, 0.25) is 0 Å². The molecule has 1 aromatic rings. The molecule has 0 fully saturated rings. The fourth-order valence-electron chi connectivity index (χ4n) is 1.25. The van der Waals surface area contributed by atoms with Crippen LogP contribution in [-0.2, 0) is 6.42 Å². The molecule has 0 bridgehead atoms. The van der Waals surface area contributed by atoms with Gasteiger partial charge < -0.3 is 5.73 Å². The van der Waals surface area contributed by atoms with Crippen molar-refractivity contribution in [2.75, 3.05) is 0 Å². The van der Waals surface area contributed by atoms with Crippen LogP contribution >= 0.6 is 0 Å². The molecule has 0 atom stereocenters. The van der Waals surface area contributed by atoms with E-state index in [2.05, 4.69) is 4.98 Å². The second-order valence-electron chi connectivity index (χ2n) is 3.12. The first kappa shape index (κ1) is 9.71. The molecule has 70 valence electrons. The van der Waals surface area contributed by atoms with Gasteiger partial charge in [0.15, 0.2) is 0 Å². The van der Waals surface area contributed by atoms with Crippen LogP contribution in [0.15, 0.2) is 12.3 Å². The lowest BCUT2D eigenvalue weighted by Gasteiger charge is -2.04. The normalized spacial score (nSPS) is 10.0. The Balaban J connectivity index is 3.10. The van der Waals surface area contributed by atoms with Gasteiger partial charge in [-0.2, -0.15) is 0 Å². The number of hydrogen-bond acceptors (Lipinski definition) is 2. The Bertz CT molecular complexity index is 321. The molecular weight excluding hydrogens is 164 g/mol. The van der Waals surface area contributed by atoms with E-state index < -0.39 is 0 Å². The zero-order chi connectivity index (χ0) is 9.84. The van der Waals surface area contributed by atoms with E-state index in [9.17, 15) is 4.79 Å². The Morgan fingerprint density at radius 2 is 2.31 bits per heavy atom. The van der Waals surface area contributed by atoms with Gasteiger partial charge in [0.1, 0.15) is 0 Å². The molecule has 2 N–H and O–H groups in total. The lowest BCUT2D eigenvalue weighted by atomic mass is 10.1. The zero-order valence-electron chi connectivity index (χ0n) is 8.00. The Labute approximate surface area is 78.0 Å². The van der Waals surface area contributed by atoms with Gasteiger partial charge in [-0.1, -0.05) is 13.3 Å². The van der Waals surface area contributed by atoms with Crippen molar-refractivity contribution in [3.05, 3.63) is 29.1 Å². The van der Waals surface area contributed by atoms with Gasteiger partial charge in [0, 0.05) is 6.20 Å². The fraction of sp³-hybridized carbons (Fsp3) is 0.400. The topological polar surface area (TPSA) is 56.0 Å². The maximum Gasteiger partial charge on any atom is 0.250 e. The highest BCUT2D eigenvalue weighted by molar-refractivity contribution is 5.94. The minimum absolute atomic E-state index is 0.389. The summed E-state index contributed by atoms with van der Waals surface area (Å²) < 4.78 is 0. The summed E-state index contributed by atoms with van der Waals surface area (Å²) in [7, 11) is 0. The van der Waals surface area contributed by atoms with Crippen molar-refractivity contribution in [3.8, 4) is 0 Å². The summed E-state index contributed by atoms with van der Waals surface area (Å²) in [6, 6.07) is 1.79. The van der Waals surface area contributed by atoms with Crippen LogP contribution in [0.25, 0.3) is 0 Å². The van der Waals surface area contributed by atoms with Crippen molar-refractivity contribution >= 4 is 5.91 Å². The van der Waals surface area contributed by atoms with Gasteiger partial charge in [-0.25, -0.2) is 0 Å². The lowest BCUT2D eigenvalue weighted by Crippen LogP contribution is -2.15. The van der Waals surface area contributed by atoms with E-state index >= 15 is 0 Å². The number of carbonyl (C=O) groups is 1. The van der Waals surface area contributed by atoms with Gasteiger partial charge in [0.05, 0.1) is 11.3 Å². The molecule has 3 heteroatoms. The summed E-state index contributed by atoms with van der Waals surface area (Å²) in [5, 5.41) is 0. The number of aryl methyl sites for hydroxylation is 2. The van der Waals surface area contributed by atoms with Crippen molar-refractivity contribution in [1.82, 2.24) is 4.98 Å². The molecule has 0 spiro atoms. The number of aromatic nitrogens is 1. The molecule has 1 rings (SSSR count). The number of nitrogens with zero attached hydrogens (tertiary/aromatic N) is 1. The molecule has 13 heavy (non-hydrogen) atoms. The molecule has 1 amide bonds. The molecule has 0 aliphatic rings. The van der Waals surface area contributed by atoms with Crippen LogP contribution in [0.5, 0.6) is 0 Å². The lowest BCUT2D eigenvalue weighted by molar-refractivity contribution is 0.0999. The van der Waals surface area contributed by atoms with E-state index in [1.54, 1.807) is 12.3 Å². The molecule has 0 aliphatic heterocycles. The second-order valence-corrected chi connectivity index (χ2v) is 3.12. The van der Waals surface area contributed by atoms with E-state index in [1.165, 1.54) is 0 Å². The van der Waals surface area contributed by atoms with Gasteiger partial charge in [-0.15, -0.1) is 0 Å². The molecule has 3 nitrogen and oxygen atoms in total. The van der Waals surface area contributed by atoms with Crippen molar-refractivity contribution in [2.24, 2.45) is 5.73 Å². The number of hydrogen-bond donors (Lipinski definition) is 1. The van der Waals surface area contributed by atoms with Crippen LogP contribution in [-0.4, -0.2) is 10.9 Å². The van der Waals surface area contributed by atoms with Gasteiger partial charge in [-0.05, 0) is 25.0 Å². The molecule has 0 unspecified atom stereocenters. The van der Waals surface area contributed by atoms with E-state index in [0.29, 0.717) is 5.56 Å². The Hall–Kier alpha value is -1.38. The maximum absolute atomic E-state index is 11.0. The van der Waals surface area contributed by atoms with Gasteiger partial charge >= 0.3 is 0 Å². The molecule has 0 radical (unpaired) electrons. The number of amides is 1. The molecule has 0 saturated carbocycles. The highest BCUT2D eigenvalue weighted by Crippen LogP contribution is 2.09. The molecule has 1 aromatic heterocycles. The zero-order valence-corrected chi connectivity index (χ0v) is 8.00. The second kappa shape index (κ2) is 4.03. The maximum atomic E-state index is 11.0. The standard InChI is InChI=1S/C10H14N2O/c1-3-4-9-8(10(11)13)5-7(2)6-12-9/h5-6H,3-4H2,1-2H3,(H2,11,13). The third kappa shape index (κ3) is 2.28. The monoisotopic (exact) mass is 178 g/mol. The quantitative estimate of drug-likeness (QED) is 0.761. The number of carbonyl (C=O) groups excluding carboxylic acids is 1. The third-order valence-corrected chi connectivity index (χ3v) is 1.86. The number of pyridine rings is 1. The summed E-state index contributed by atoms with van der Waals surface area (Å²) in [5.74, 6) is -0.389. The van der Waals surface area contributed by atoms with Crippen LogP contribution < -0.4 is 5.73 Å². The number of primary amides is 1. The highest BCUT2D eigenvalue weighted by atomic mass is 16.1. The van der Waals surface area contributed by atoms with Crippen LogP contribution in [0, 0.1) is 6.92 Å². The molecule has 0 saturated heterocycles. The van der Waals surface area contributed by atoms with E-state index in [-0.39, 0.29) is 5.91 Å². The Kier molecular flexibility index (Phi) is 3.01. The minimum atomic E-state index is -0.389. The first-order chi connectivity index (χ1) is 6.15. The Morgan fingerprint density at radius 1 is 1.62 bits per heavy atom. The van der Waals surface area contributed by atoms with Crippen molar-refractivity contribution in [3.63, 3.8) is 0 Å². The average molecular weight is 178 g/mol. The summed E-state index contributed by atoms with van der Waals surface area (Å²) in [5.41, 5.74) is 7.56. The molecule has 1 heterocycles. The molecule has 0 aliphatic carbocycles. The first-order valence-electron chi connectivity index (χ1n) is 4.40. The summed E-state index contributed by atoms with van der Waals surface area (Å²) >= 11 is 0. The average Bonchev–Trinajstić information content (AvgIpc) is 2.08. The third-order valence-electron chi connectivity index (χ3n) is 1.86. The van der Waals surface area contributed by atoms with Crippen molar-refractivity contribution in [1.29, 1.82) is 0 Å². The largest absolute Gasteiger partial charge is 0.366 e. The minimum Gasteiger partial charge on any atom is -0.366 e. The SMILES string of the molecule is CCCc1ncc(C)cc1C(N)=O. The first-order valence-corrected chi connectivity index (χ1v) is 4.40. The number of nitrogens with two attached hydrogens (primary N) is 1. The van der Waals surface area contributed by atoms with E-state index in [1.807, 2.05) is 13.8 Å². The van der Waals surface area contributed by atoms with Crippen molar-refractivity contribution < 1.29 is 4.79 Å². The Morgan fingerprint density at radius 3 is 2.85 bits per heavy atom. The predicted molar refractivity (Wildman–Crippen MR) is 51.5 cm³/mol. The predicted octanol–water partition coefficient (Wildman–Crippen LogP) is 1.44. The van der Waals surface area contributed by atoms with Crippen molar-refractivity contribution in [2.45, 2.75) is 26.7 Å². The van der Waals surface area contributed by atoms with Gasteiger partial charge in [-0.3, -0.25) is 9.78 Å². The molecule has 0 aromatic carbocycles. The number of rotatable bonds is 3. The van der Waals surface area contributed by atoms with Gasteiger partial charge in [0.25, 0.3) is 5.91 Å². The van der Waals surface area contributed by atoms with Crippen LogP contribution in [0.4, 0.5) is 0 Å². The van der Waals surface area contributed by atoms with Crippen LogP contribution in [0.1, 0.15) is 35.0 Å². The fourth-order valence-corrected chi connectivity index (χ4v) is 1.25. The summed E-state index contributed by atoms with van der Waals surface area (Å²) in [6.45, 7) is 3.95. The van der Waals surface area contributed by atoms with Crippen LogP contribution in [0.3, 0.4) is 0 Å². The van der Waals surface area contributed by atoms with E-state index in [0.717, 1.165) is 24.1 Å². The van der Waals surface area contributed by atoms with E-state index in [4.69, 9.17) is 5.73 Å². The smallest absolute Gasteiger partial charge is 0.250 e. The summed E-state index contributed by atoms with van der Waals surface area (Å²) in [4.78, 5) is 15.2.